The highest BCUT2D eigenvalue weighted by molar-refractivity contribution is 7.99. The first-order valence-electron chi connectivity index (χ1n) is 8.98. The number of nitrogens with one attached hydrogen (secondary N) is 1. The molecule has 0 aliphatic heterocycles. The van der Waals surface area contributed by atoms with Crippen LogP contribution in [0.3, 0.4) is 0 Å². The second kappa shape index (κ2) is 9.83. The fraction of sp³-hybridized carbons (Fsp3) is 0.250. The zero-order chi connectivity index (χ0) is 20.6. The van der Waals surface area contributed by atoms with Gasteiger partial charge >= 0.3 is 0 Å². The van der Waals surface area contributed by atoms with Crippen molar-refractivity contribution >= 4 is 17.7 Å². The van der Waals surface area contributed by atoms with Crippen molar-refractivity contribution in [3.8, 4) is 22.9 Å². The number of methoxy groups -OCH3 is 2. The average Bonchev–Trinajstić information content (AvgIpc) is 3.12. The molecule has 0 saturated carbocycles. The molecule has 0 bridgehead atoms. The Balaban J connectivity index is 1.58. The third-order valence-corrected chi connectivity index (χ3v) is 5.17. The van der Waals surface area contributed by atoms with Crippen LogP contribution in [0.5, 0.6) is 11.5 Å². The highest BCUT2D eigenvalue weighted by Crippen LogP contribution is 2.32. The van der Waals surface area contributed by atoms with E-state index in [2.05, 4.69) is 15.5 Å². The number of nitrogen functional groups attached to an aromatic ring is 1. The molecule has 9 heteroatoms. The maximum absolute atomic E-state index is 12.1. The van der Waals surface area contributed by atoms with Crippen molar-refractivity contribution in [1.82, 2.24) is 20.2 Å². The average molecular weight is 414 g/mol. The molecule has 29 heavy (non-hydrogen) atoms. The number of nitrogens with two attached hydrogens (primary N) is 1. The highest BCUT2D eigenvalue weighted by atomic mass is 32.2. The first kappa shape index (κ1) is 20.5. The minimum atomic E-state index is -0.0856. The molecular formula is C20H23N5O3S. The Morgan fingerprint density at radius 3 is 2.66 bits per heavy atom. The van der Waals surface area contributed by atoms with Crippen LogP contribution in [0.2, 0.25) is 0 Å². The fourth-order valence-electron chi connectivity index (χ4n) is 2.71. The van der Waals surface area contributed by atoms with Crippen molar-refractivity contribution in [2.45, 2.75) is 11.6 Å². The molecule has 0 radical (unpaired) electrons. The Labute approximate surface area is 173 Å². The van der Waals surface area contributed by atoms with Gasteiger partial charge in [0, 0.05) is 12.6 Å². The van der Waals surface area contributed by atoms with Gasteiger partial charge in [-0.05, 0) is 24.1 Å². The first-order chi connectivity index (χ1) is 14.1. The summed E-state index contributed by atoms with van der Waals surface area (Å²) in [6, 6.07) is 15.3. The van der Waals surface area contributed by atoms with Gasteiger partial charge in [0.2, 0.25) is 11.1 Å². The van der Waals surface area contributed by atoms with Crippen LogP contribution in [0.15, 0.2) is 53.7 Å². The van der Waals surface area contributed by atoms with Gasteiger partial charge in [0.05, 0.1) is 25.5 Å². The number of carbonyl (C=O) groups excluding carboxylic acids is 1. The van der Waals surface area contributed by atoms with E-state index in [1.165, 1.54) is 22.0 Å². The van der Waals surface area contributed by atoms with Gasteiger partial charge in [-0.1, -0.05) is 42.1 Å². The number of hydrogen-bond acceptors (Lipinski definition) is 7. The Hall–Kier alpha value is -3.20. The molecule has 0 aliphatic rings. The predicted molar refractivity (Wildman–Crippen MR) is 113 cm³/mol. The molecule has 2 aromatic carbocycles. The van der Waals surface area contributed by atoms with Crippen molar-refractivity contribution in [3.63, 3.8) is 0 Å². The largest absolute Gasteiger partial charge is 0.497 e. The van der Waals surface area contributed by atoms with Gasteiger partial charge in [0.15, 0.2) is 5.82 Å². The molecule has 3 rings (SSSR count). The summed E-state index contributed by atoms with van der Waals surface area (Å²) in [7, 11) is 3.14. The molecule has 1 heterocycles. The minimum absolute atomic E-state index is 0.0856. The van der Waals surface area contributed by atoms with E-state index in [9.17, 15) is 4.79 Å². The van der Waals surface area contributed by atoms with E-state index in [1.54, 1.807) is 32.4 Å². The molecule has 3 aromatic rings. The molecule has 0 fully saturated rings. The topological polar surface area (TPSA) is 104 Å². The fourth-order valence-corrected chi connectivity index (χ4v) is 3.40. The summed E-state index contributed by atoms with van der Waals surface area (Å²) >= 11 is 1.22. The van der Waals surface area contributed by atoms with Gasteiger partial charge in [0.1, 0.15) is 11.5 Å². The summed E-state index contributed by atoms with van der Waals surface area (Å²) in [5.74, 6) is 7.93. The number of nitrogens with zero attached hydrogens (tertiary/aromatic N) is 3. The van der Waals surface area contributed by atoms with Crippen LogP contribution in [0, 0.1) is 0 Å². The van der Waals surface area contributed by atoms with Crippen LogP contribution < -0.4 is 20.6 Å². The van der Waals surface area contributed by atoms with Crippen LogP contribution in [0.1, 0.15) is 5.56 Å². The molecular weight excluding hydrogens is 390 g/mol. The molecule has 0 spiro atoms. The number of amides is 1. The van der Waals surface area contributed by atoms with Crippen molar-refractivity contribution in [2.24, 2.45) is 0 Å². The molecule has 8 nitrogen and oxygen atoms in total. The highest BCUT2D eigenvalue weighted by Gasteiger charge is 2.17. The van der Waals surface area contributed by atoms with Crippen LogP contribution in [-0.2, 0) is 11.2 Å². The standard InChI is InChI=1S/C20H23N5O3S/c1-27-15-8-9-16(17(12-15)28-2)19-23-24-20(25(19)21)29-13-18(26)22-11-10-14-6-4-3-5-7-14/h3-9,12H,10-11,13,21H2,1-2H3,(H,22,26). The van der Waals surface area contributed by atoms with E-state index in [0.717, 1.165) is 6.42 Å². The Kier molecular flexibility index (Phi) is 6.96. The number of ether oxygens (including phenoxy) is 2. The van der Waals surface area contributed by atoms with Crippen LogP contribution in [0.25, 0.3) is 11.4 Å². The smallest absolute Gasteiger partial charge is 0.230 e. The summed E-state index contributed by atoms with van der Waals surface area (Å²) in [5.41, 5.74) is 1.86. The number of hydrogen-bond donors (Lipinski definition) is 2. The first-order valence-corrected chi connectivity index (χ1v) is 9.97. The van der Waals surface area contributed by atoms with Gasteiger partial charge < -0.3 is 20.6 Å². The zero-order valence-electron chi connectivity index (χ0n) is 16.3. The molecule has 1 amide bonds. The van der Waals surface area contributed by atoms with Crippen LogP contribution in [0.4, 0.5) is 0 Å². The maximum Gasteiger partial charge on any atom is 0.230 e. The second-order valence-corrected chi connectivity index (χ2v) is 7.06. The monoisotopic (exact) mass is 413 g/mol. The van der Waals surface area contributed by atoms with E-state index < -0.39 is 0 Å². The molecule has 0 atom stereocenters. The third kappa shape index (κ3) is 5.20. The second-order valence-electron chi connectivity index (χ2n) is 6.12. The lowest BCUT2D eigenvalue weighted by Crippen LogP contribution is -2.27. The van der Waals surface area contributed by atoms with E-state index in [0.29, 0.717) is 34.6 Å². The molecule has 152 valence electrons. The minimum Gasteiger partial charge on any atom is -0.497 e. The van der Waals surface area contributed by atoms with Crippen LogP contribution in [-0.4, -0.2) is 47.3 Å². The number of benzene rings is 2. The van der Waals surface area contributed by atoms with Crippen molar-refractivity contribution in [3.05, 3.63) is 54.1 Å². The van der Waals surface area contributed by atoms with Crippen molar-refractivity contribution in [2.75, 3.05) is 32.4 Å². The predicted octanol–water partition coefficient (Wildman–Crippen LogP) is 2.13. The normalized spacial score (nSPS) is 10.6. The van der Waals surface area contributed by atoms with Crippen LogP contribution >= 0.6 is 11.8 Å². The van der Waals surface area contributed by atoms with E-state index in [4.69, 9.17) is 15.3 Å². The number of aromatic nitrogens is 3. The third-order valence-electron chi connectivity index (χ3n) is 4.23. The SMILES string of the molecule is COc1ccc(-c2nnc(SCC(=O)NCCc3ccccc3)n2N)c(OC)c1. The summed E-state index contributed by atoms with van der Waals surface area (Å²) in [4.78, 5) is 12.1. The lowest BCUT2D eigenvalue weighted by atomic mass is 10.1. The molecule has 0 unspecified atom stereocenters. The Morgan fingerprint density at radius 1 is 1.14 bits per heavy atom. The summed E-state index contributed by atoms with van der Waals surface area (Å²) in [6.45, 7) is 0.576. The maximum atomic E-state index is 12.1. The van der Waals surface area contributed by atoms with E-state index in [-0.39, 0.29) is 11.7 Å². The van der Waals surface area contributed by atoms with E-state index >= 15 is 0 Å². The number of thioether (sulfide) groups is 1. The summed E-state index contributed by atoms with van der Waals surface area (Å²) < 4.78 is 12.0. The zero-order valence-corrected chi connectivity index (χ0v) is 17.1. The quantitative estimate of drug-likeness (QED) is 0.409. The lowest BCUT2D eigenvalue weighted by molar-refractivity contribution is -0.118. The van der Waals surface area contributed by atoms with Gasteiger partial charge in [-0.2, -0.15) is 0 Å². The summed E-state index contributed by atoms with van der Waals surface area (Å²) in [5, 5.41) is 11.6. The van der Waals surface area contributed by atoms with Gasteiger partial charge in [0.25, 0.3) is 0 Å². The lowest BCUT2D eigenvalue weighted by Gasteiger charge is -2.10. The Morgan fingerprint density at radius 2 is 1.93 bits per heavy atom. The molecule has 1 aromatic heterocycles. The van der Waals surface area contributed by atoms with E-state index in [1.807, 2.05) is 30.3 Å². The molecule has 0 saturated heterocycles. The molecule has 3 N–H and O–H groups in total. The van der Waals surface area contributed by atoms with Crippen molar-refractivity contribution in [1.29, 1.82) is 0 Å². The van der Waals surface area contributed by atoms with Crippen molar-refractivity contribution < 1.29 is 14.3 Å². The Bertz CT molecular complexity index is 962. The molecule has 0 aliphatic carbocycles. The number of rotatable bonds is 9. The summed E-state index contributed by atoms with van der Waals surface area (Å²) in [6.07, 6.45) is 0.783. The van der Waals surface area contributed by atoms with Gasteiger partial charge in [-0.25, -0.2) is 4.68 Å². The van der Waals surface area contributed by atoms with Gasteiger partial charge in [-0.3, -0.25) is 4.79 Å². The van der Waals surface area contributed by atoms with Gasteiger partial charge in [-0.15, -0.1) is 10.2 Å². The number of carbonyl (C=O) groups is 1.